The lowest BCUT2D eigenvalue weighted by Crippen LogP contribution is -2.39. The lowest BCUT2D eigenvalue weighted by molar-refractivity contribution is -0.137. The molecule has 1 fully saturated rings. The molecule has 0 aliphatic heterocycles. The summed E-state index contributed by atoms with van der Waals surface area (Å²) in [6, 6.07) is 5.76. The molecule has 1 aromatic carbocycles. The summed E-state index contributed by atoms with van der Waals surface area (Å²) in [6.07, 6.45) is 1.26. The third-order valence-corrected chi connectivity index (χ3v) is 3.80. The van der Waals surface area contributed by atoms with Crippen molar-refractivity contribution in [3.63, 3.8) is 0 Å². The fourth-order valence-corrected chi connectivity index (χ4v) is 2.65. The minimum absolute atomic E-state index is 0.0627. The number of hydrogen-bond acceptors (Lipinski definition) is 2. The maximum atomic E-state index is 12.4. The third kappa shape index (κ3) is 4.49. The molecule has 5 heteroatoms. The molecule has 0 radical (unpaired) electrons. The topological polar surface area (TPSA) is 38.0 Å². The molecular weight excluding hydrogens is 265 g/mol. The van der Waals surface area contributed by atoms with Crippen molar-refractivity contribution in [1.29, 1.82) is 0 Å². The predicted molar refractivity (Wildman–Crippen MR) is 73.4 cm³/mol. The van der Waals surface area contributed by atoms with Crippen molar-refractivity contribution in [2.75, 3.05) is 6.54 Å². The predicted octanol–water partition coefficient (Wildman–Crippen LogP) is 3.11. The summed E-state index contributed by atoms with van der Waals surface area (Å²) < 4.78 is 37.3. The Morgan fingerprint density at radius 3 is 2.30 bits per heavy atom. The highest BCUT2D eigenvalue weighted by Crippen LogP contribution is 2.29. The van der Waals surface area contributed by atoms with Crippen LogP contribution in [0.1, 0.15) is 36.8 Å². The van der Waals surface area contributed by atoms with Crippen LogP contribution in [0.25, 0.3) is 0 Å². The molecule has 0 aromatic heterocycles. The summed E-state index contributed by atoms with van der Waals surface area (Å²) in [5.41, 5.74) is 6.26. The number of alkyl halides is 3. The van der Waals surface area contributed by atoms with Crippen LogP contribution in [0.5, 0.6) is 0 Å². The van der Waals surface area contributed by atoms with Crippen molar-refractivity contribution in [2.45, 2.75) is 50.4 Å². The normalized spacial score (nSPS) is 18.4. The summed E-state index contributed by atoms with van der Waals surface area (Å²) in [5.74, 6) is 0. The van der Waals surface area contributed by atoms with E-state index in [4.69, 9.17) is 5.73 Å². The van der Waals surface area contributed by atoms with Gasteiger partial charge in [0, 0.05) is 18.6 Å². The molecular formula is C15H21F3N2. The standard InChI is InChI=1S/C15H21F3N2/c16-15(17,18)12-7-5-11(6-8-12)9-13(19)10-20-14-3-1-2-4-14/h5-8,13-14,20H,1-4,9-10,19H2/t13-/m0/s1. The van der Waals surface area contributed by atoms with Gasteiger partial charge < -0.3 is 11.1 Å². The molecule has 1 aromatic rings. The molecule has 0 saturated heterocycles. The quantitative estimate of drug-likeness (QED) is 0.873. The van der Waals surface area contributed by atoms with Gasteiger partial charge in [-0.1, -0.05) is 25.0 Å². The molecule has 0 amide bonds. The van der Waals surface area contributed by atoms with Gasteiger partial charge in [-0.3, -0.25) is 0 Å². The highest BCUT2D eigenvalue weighted by molar-refractivity contribution is 5.25. The molecule has 0 heterocycles. The van der Waals surface area contributed by atoms with Gasteiger partial charge in [-0.05, 0) is 37.0 Å². The van der Waals surface area contributed by atoms with E-state index in [0.717, 1.165) is 17.7 Å². The monoisotopic (exact) mass is 286 g/mol. The molecule has 1 saturated carbocycles. The van der Waals surface area contributed by atoms with Crippen LogP contribution >= 0.6 is 0 Å². The van der Waals surface area contributed by atoms with Crippen LogP contribution in [0.15, 0.2) is 24.3 Å². The first-order valence-corrected chi connectivity index (χ1v) is 7.10. The van der Waals surface area contributed by atoms with Crippen molar-refractivity contribution >= 4 is 0 Å². The molecule has 2 nitrogen and oxygen atoms in total. The van der Waals surface area contributed by atoms with Crippen molar-refractivity contribution in [3.8, 4) is 0 Å². The largest absolute Gasteiger partial charge is 0.416 e. The van der Waals surface area contributed by atoms with E-state index < -0.39 is 11.7 Å². The van der Waals surface area contributed by atoms with E-state index in [0.29, 0.717) is 19.0 Å². The van der Waals surface area contributed by atoms with Gasteiger partial charge in [-0.25, -0.2) is 0 Å². The summed E-state index contributed by atoms with van der Waals surface area (Å²) in [4.78, 5) is 0. The first kappa shape index (κ1) is 15.3. The van der Waals surface area contributed by atoms with Gasteiger partial charge in [0.05, 0.1) is 5.56 Å². The minimum atomic E-state index is -4.27. The number of rotatable bonds is 5. The zero-order valence-electron chi connectivity index (χ0n) is 11.4. The Morgan fingerprint density at radius 2 is 1.75 bits per heavy atom. The Balaban J connectivity index is 1.80. The van der Waals surface area contributed by atoms with Crippen LogP contribution in [0.4, 0.5) is 13.2 Å². The zero-order chi connectivity index (χ0) is 14.6. The average Bonchev–Trinajstić information content (AvgIpc) is 2.89. The first-order chi connectivity index (χ1) is 9.45. The SMILES string of the molecule is N[C@H](CNC1CCCC1)Cc1ccc(C(F)(F)F)cc1. The molecule has 3 N–H and O–H groups in total. The number of nitrogens with one attached hydrogen (secondary N) is 1. The number of nitrogens with two attached hydrogens (primary N) is 1. The van der Waals surface area contributed by atoms with Crippen LogP contribution < -0.4 is 11.1 Å². The molecule has 2 rings (SSSR count). The van der Waals surface area contributed by atoms with Gasteiger partial charge in [0.1, 0.15) is 0 Å². The van der Waals surface area contributed by atoms with E-state index in [9.17, 15) is 13.2 Å². The van der Waals surface area contributed by atoms with Gasteiger partial charge in [0.2, 0.25) is 0 Å². The Labute approximate surface area is 117 Å². The second-order valence-corrected chi connectivity index (χ2v) is 5.55. The van der Waals surface area contributed by atoms with Crippen LogP contribution in [-0.2, 0) is 12.6 Å². The number of benzene rings is 1. The maximum absolute atomic E-state index is 12.4. The van der Waals surface area contributed by atoms with Crippen LogP contribution in [0.3, 0.4) is 0 Å². The molecule has 0 spiro atoms. The van der Waals surface area contributed by atoms with Crippen molar-refractivity contribution in [3.05, 3.63) is 35.4 Å². The van der Waals surface area contributed by atoms with Crippen LogP contribution in [-0.4, -0.2) is 18.6 Å². The second-order valence-electron chi connectivity index (χ2n) is 5.55. The Bertz CT molecular complexity index is 408. The lowest BCUT2D eigenvalue weighted by Gasteiger charge is -2.17. The highest BCUT2D eigenvalue weighted by Gasteiger charge is 2.29. The molecule has 1 aliphatic rings. The van der Waals surface area contributed by atoms with Crippen molar-refractivity contribution in [1.82, 2.24) is 5.32 Å². The maximum Gasteiger partial charge on any atom is 0.416 e. The van der Waals surface area contributed by atoms with Gasteiger partial charge in [0.15, 0.2) is 0 Å². The molecule has 0 bridgehead atoms. The molecule has 20 heavy (non-hydrogen) atoms. The number of hydrogen-bond donors (Lipinski definition) is 2. The van der Waals surface area contributed by atoms with Gasteiger partial charge >= 0.3 is 6.18 Å². The highest BCUT2D eigenvalue weighted by atomic mass is 19.4. The lowest BCUT2D eigenvalue weighted by atomic mass is 10.0. The molecule has 1 atom stereocenters. The van der Waals surface area contributed by atoms with E-state index in [1.54, 1.807) is 0 Å². The van der Waals surface area contributed by atoms with E-state index in [-0.39, 0.29) is 6.04 Å². The molecule has 112 valence electrons. The Kier molecular flexibility index (Phi) is 5.05. The zero-order valence-corrected chi connectivity index (χ0v) is 11.4. The van der Waals surface area contributed by atoms with Crippen LogP contribution in [0, 0.1) is 0 Å². The first-order valence-electron chi connectivity index (χ1n) is 7.10. The van der Waals surface area contributed by atoms with Gasteiger partial charge in [0.25, 0.3) is 0 Å². The second kappa shape index (κ2) is 6.59. The van der Waals surface area contributed by atoms with Gasteiger partial charge in [-0.15, -0.1) is 0 Å². The van der Waals surface area contributed by atoms with Crippen molar-refractivity contribution < 1.29 is 13.2 Å². The van der Waals surface area contributed by atoms with Gasteiger partial charge in [-0.2, -0.15) is 13.2 Å². The van der Waals surface area contributed by atoms with Crippen molar-refractivity contribution in [2.24, 2.45) is 5.73 Å². The van der Waals surface area contributed by atoms with E-state index in [1.165, 1.54) is 37.8 Å². The summed E-state index contributed by atoms with van der Waals surface area (Å²) in [6.45, 7) is 0.714. The van der Waals surface area contributed by atoms with E-state index >= 15 is 0 Å². The Morgan fingerprint density at radius 1 is 1.15 bits per heavy atom. The molecule has 0 unspecified atom stereocenters. The average molecular weight is 286 g/mol. The fourth-order valence-electron chi connectivity index (χ4n) is 2.65. The summed E-state index contributed by atoms with van der Waals surface area (Å²) in [7, 11) is 0. The fraction of sp³-hybridized carbons (Fsp3) is 0.600. The third-order valence-electron chi connectivity index (χ3n) is 3.80. The van der Waals surface area contributed by atoms with E-state index in [1.807, 2.05) is 0 Å². The van der Waals surface area contributed by atoms with Crippen LogP contribution in [0.2, 0.25) is 0 Å². The summed E-state index contributed by atoms with van der Waals surface area (Å²) in [5, 5.41) is 3.43. The summed E-state index contributed by atoms with van der Waals surface area (Å²) >= 11 is 0. The Hall–Kier alpha value is -1.07. The number of halogens is 3. The molecule has 1 aliphatic carbocycles. The smallest absolute Gasteiger partial charge is 0.326 e. The van der Waals surface area contributed by atoms with E-state index in [2.05, 4.69) is 5.32 Å². The minimum Gasteiger partial charge on any atom is -0.326 e.